The van der Waals surface area contributed by atoms with Gasteiger partial charge in [0.2, 0.25) is 5.95 Å². The molecule has 2 heterocycles. The van der Waals surface area contributed by atoms with Crippen LogP contribution in [0.15, 0.2) is 18.2 Å². The van der Waals surface area contributed by atoms with Gasteiger partial charge in [-0.15, -0.1) is 0 Å². The molecule has 7 heteroatoms. The number of hydrogen-bond acceptors (Lipinski definition) is 4. The summed E-state index contributed by atoms with van der Waals surface area (Å²) >= 11 is 6.00. The van der Waals surface area contributed by atoms with Crippen molar-refractivity contribution in [3.63, 3.8) is 0 Å². The summed E-state index contributed by atoms with van der Waals surface area (Å²) in [6.07, 6.45) is -0.465. The van der Waals surface area contributed by atoms with Crippen LogP contribution in [-0.4, -0.2) is 53.2 Å². The van der Waals surface area contributed by atoms with Gasteiger partial charge in [-0.1, -0.05) is 11.6 Å². The minimum absolute atomic E-state index is 0.164. The highest BCUT2D eigenvalue weighted by atomic mass is 35.5. The van der Waals surface area contributed by atoms with Crippen molar-refractivity contribution in [3.8, 4) is 0 Å². The molecule has 0 aliphatic carbocycles. The first kappa shape index (κ1) is 15.3. The Labute approximate surface area is 134 Å². The van der Waals surface area contributed by atoms with E-state index in [0.717, 1.165) is 17.6 Å². The second kappa shape index (κ2) is 6.24. The van der Waals surface area contributed by atoms with E-state index in [0.29, 0.717) is 30.7 Å². The van der Waals surface area contributed by atoms with E-state index < -0.39 is 6.10 Å². The van der Waals surface area contributed by atoms with Crippen LogP contribution in [0.25, 0.3) is 11.0 Å². The largest absolute Gasteiger partial charge is 0.366 e. The molecule has 3 rings (SSSR count). The van der Waals surface area contributed by atoms with Gasteiger partial charge in [-0.3, -0.25) is 10.1 Å². The van der Waals surface area contributed by atoms with Crippen molar-refractivity contribution in [2.75, 3.05) is 32.1 Å². The summed E-state index contributed by atoms with van der Waals surface area (Å²) in [5.41, 5.74) is 1.72. The van der Waals surface area contributed by atoms with Gasteiger partial charge in [-0.2, -0.15) is 0 Å². The molecule has 0 spiro atoms. The highest BCUT2D eigenvalue weighted by Gasteiger charge is 2.26. The molecule has 1 aromatic heterocycles. The number of anilines is 1. The number of halogens is 1. The van der Waals surface area contributed by atoms with Gasteiger partial charge in [0, 0.05) is 24.7 Å². The van der Waals surface area contributed by atoms with Crippen molar-refractivity contribution in [2.24, 2.45) is 0 Å². The van der Waals surface area contributed by atoms with Gasteiger partial charge in [-0.25, -0.2) is 4.98 Å². The first-order valence-corrected chi connectivity index (χ1v) is 7.73. The summed E-state index contributed by atoms with van der Waals surface area (Å²) in [4.78, 5) is 18.9. The molecule has 1 aromatic carbocycles. The third kappa shape index (κ3) is 2.95. The van der Waals surface area contributed by atoms with Crippen LogP contribution in [0.5, 0.6) is 0 Å². The minimum atomic E-state index is -0.465. The lowest BCUT2D eigenvalue weighted by Gasteiger charge is -2.28. The number of fused-ring (bicyclic) bond motifs is 1. The first-order valence-electron chi connectivity index (χ1n) is 7.35. The first-order chi connectivity index (χ1) is 10.6. The van der Waals surface area contributed by atoms with Crippen LogP contribution < -0.4 is 5.32 Å². The molecule has 1 amide bonds. The van der Waals surface area contributed by atoms with Crippen LogP contribution in [0.4, 0.5) is 5.95 Å². The third-order valence-electron chi connectivity index (χ3n) is 3.82. The fourth-order valence-electron chi connectivity index (χ4n) is 2.65. The number of morpholine rings is 1. The fourth-order valence-corrected chi connectivity index (χ4v) is 2.81. The number of nitrogens with one attached hydrogen (secondary N) is 1. The summed E-state index contributed by atoms with van der Waals surface area (Å²) in [6.45, 7) is 4.71. The number of benzene rings is 1. The van der Waals surface area contributed by atoms with Gasteiger partial charge in [0.15, 0.2) is 0 Å². The quantitative estimate of drug-likeness (QED) is 0.938. The Kier molecular flexibility index (Phi) is 4.33. The van der Waals surface area contributed by atoms with E-state index in [1.807, 2.05) is 30.7 Å². The molecular formula is C15H19ClN4O2. The van der Waals surface area contributed by atoms with Crippen LogP contribution >= 0.6 is 11.6 Å². The molecule has 1 aliphatic rings. The average molecular weight is 323 g/mol. The molecule has 1 saturated heterocycles. The third-order valence-corrected chi connectivity index (χ3v) is 4.06. The van der Waals surface area contributed by atoms with Gasteiger partial charge in [0.1, 0.15) is 6.10 Å². The lowest BCUT2D eigenvalue weighted by atomic mass is 10.2. The lowest BCUT2D eigenvalue weighted by Crippen LogP contribution is -2.46. The van der Waals surface area contributed by atoms with Crippen molar-refractivity contribution in [3.05, 3.63) is 23.2 Å². The van der Waals surface area contributed by atoms with Gasteiger partial charge >= 0.3 is 0 Å². The maximum Gasteiger partial charge on any atom is 0.257 e. The van der Waals surface area contributed by atoms with Crippen molar-refractivity contribution in [2.45, 2.75) is 19.6 Å². The van der Waals surface area contributed by atoms with Crippen LogP contribution in [0.2, 0.25) is 5.02 Å². The Morgan fingerprint density at radius 3 is 3.09 bits per heavy atom. The SMILES string of the molecule is CCn1c(NC(=O)C2CN(C)CCO2)nc2cc(Cl)ccc21. The molecule has 1 atom stereocenters. The summed E-state index contributed by atoms with van der Waals surface area (Å²) in [5.74, 6) is 0.365. The molecule has 0 saturated carbocycles. The number of aryl methyl sites for hydroxylation is 1. The number of nitrogens with zero attached hydrogens (tertiary/aromatic N) is 3. The monoisotopic (exact) mass is 322 g/mol. The van der Waals surface area contributed by atoms with Crippen molar-refractivity contribution in [1.29, 1.82) is 0 Å². The average Bonchev–Trinajstić information content (AvgIpc) is 2.83. The van der Waals surface area contributed by atoms with Crippen LogP contribution in [0.1, 0.15) is 6.92 Å². The number of rotatable bonds is 3. The summed E-state index contributed by atoms with van der Waals surface area (Å²) in [5, 5.41) is 3.51. The number of carbonyl (C=O) groups excluding carboxylic acids is 1. The van der Waals surface area contributed by atoms with Crippen LogP contribution in [0, 0.1) is 0 Å². The smallest absolute Gasteiger partial charge is 0.257 e. The summed E-state index contributed by atoms with van der Waals surface area (Å²) in [7, 11) is 1.98. The topological polar surface area (TPSA) is 59.4 Å². The van der Waals surface area contributed by atoms with Crippen molar-refractivity contribution < 1.29 is 9.53 Å². The maximum atomic E-state index is 12.4. The zero-order valence-corrected chi connectivity index (χ0v) is 13.4. The highest BCUT2D eigenvalue weighted by Crippen LogP contribution is 2.23. The fraction of sp³-hybridized carbons (Fsp3) is 0.467. The van der Waals surface area contributed by atoms with E-state index in [9.17, 15) is 4.79 Å². The minimum Gasteiger partial charge on any atom is -0.366 e. The Morgan fingerprint density at radius 2 is 2.36 bits per heavy atom. The van der Waals surface area contributed by atoms with E-state index in [1.54, 1.807) is 6.07 Å². The predicted molar refractivity (Wildman–Crippen MR) is 86.3 cm³/mol. The Bertz CT molecular complexity index is 700. The summed E-state index contributed by atoms with van der Waals surface area (Å²) < 4.78 is 7.49. The molecule has 0 bridgehead atoms. The van der Waals surface area contributed by atoms with Gasteiger partial charge < -0.3 is 14.2 Å². The second-order valence-corrected chi connectivity index (χ2v) is 5.86. The number of hydrogen-bond donors (Lipinski definition) is 1. The van der Waals surface area contributed by atoms with Gasteiger partial charge in [0.25, 0.3) is 5.91 Å². The van der Waals surface area contributed by atoms with E-state index in [2.05, 4.69) is 15.2 Å². The molecule has 0 radical (unpaired) electrons. The molecule has 22 heavy (non-hydrogen) atoms. The maximum absolute atomic E-state index is 12.4. The molecule has 2 aromatic rings. The van der Waals surface area contributed by atoms with E-state index in [4.69, 9.17) is 16.3 Å². The molecule has 1 aliphatic heterocycles. The molecular weight excluding hydrogens is 304 g/mol. The number of carbonyl (C=O) groups is 1. The predicted octanol–water partition coefficient (Wildman–Crippen LogP) is 1.98. The molecule has 6 nitrogen and oxygen atoms in total. The normalized spacial score (nSPS) is 19.5. The van der Waals surface area contributed by atoms with E-state index in [1.165, 1.54) is 0 Å². The van der Waals surface area contributed by atoms with E-state index in [-0.39, 0.29) is 5.91 Å². The van der Waals surface area contributed by atoms with E-state index >= 15 is 0 Å². The zero-order chi connectivity index (χ0) is 15.7. The standard InChI is InChI=1S/C15H19ClN4O2/c1-3-20-12-5-4-10(16)8-11(12)17-15(20)18-14(21)13-9-19(2)6-7-22-13/h4-5,8,13H,3,6-7,9H2,1-2H3,(H,17,18,21). The number of imidazole rings is 1. The van der Waals surface area contributed by atoms with Gasteiger partial charge in [-0.05, 0) is 32.2 Å². The zero-order valence-electron chi connectivity index (χ0n) is 12.7. The number of likely N-dealkylation sites (N-methyl/N-ethyl adjacent to an activating group) is 1. The number of aromatic nitrogens is 2. The molecule has 1 N–H and O–H groups in total. The molecule has 1 fully saturated rings. The van der Waals surface area contributed by atoms with Crippen LogP contribution in [0.3, 0.4) is 0 Å². The molecule has 1 unspecified atom stereocenters. The summed E-state index contributed by atoms with van der Waals surface area (Å²) in [6, 6.07) is 5.53. The second-order valence-electron chi connectivity index (χ2n) is 5.42. The number of ether oxygens (including phenoxy) is 1. The lowest BCUT2D eigenvalue weighted by molar-refractivity contribution is -0.132. The van der Waals surface area contributed by atoms with Gasteiger partial charge in [0.05, 0.1) is 17.6 Å². The van der Waals surface area contributed by atoms with Crippen molar-refractivity contribution in [1.82, 2.24) is 14.5 Å². The Morgan fingerprint density at radius 1 is 1.55 bits per heavy atom. The molecule has 118 valence electrons. The number of amides is 1. The Hall–Kier alpha value is -1.63. The Balaban J connectivity index is 1.85. The van der Waals surface area contributed by atoms with Crippen LogP contribution in [-0.2, 0) is 16.1 Å². The van der Waals surface area contributed by atoms with Crippen molar-refractivity contribution >= 4 is 34.5 Å². The highest BCUT2D eigenvalue weighted by molar-refractivity contribution is 6.31.